The maximum atomic E-state index is 6.53. The molecular formula is C20H27N3. The van der Waals surface area contributed by atoms with Gasteiger partial charge in [-0.1, -0.05) is 67.1 Å². The Bertz CT molecular complexity index is 518. The van der Waals surface area contributed by atoms with Gasteiger partial charge in [0.1, 0.15) is 0 Å². The molecule has 0 bridgehead atoms. The molecule has 0 aromatic heterocycles. The van der Waals surface area contributed by atoms with Crippen molar-refractivity contribution in [2.24, 2.45) is 5.73 Å². The Morgan fingerprint density at radius 1 is 0.739 bits per heavy atom. The molecule has 0 amide bonds. The van der Waals surface area contributed by atoms with Crippen LogP contribution in [0.3, 0.4) is 0 Å². The molecule has 1 fully saturated rings. The van der Waals surface area contributed by atoms with E-state index in [0.29, 0.717) is 12.1 Å². The molecule has 23 heavy (non-hydrogen) atoms. The van der Waals surface area contributed by atoms with Crippen LogP contribution in [0.1, 0.15) is 30.4 Å². The van der Waals surface area contributed by atoms with Gasteiger partial charge in [0.15, 0.2) is 0 Å². The fourth-order valence-electron chi connectivity index (χ4n) is 3.39. The highest BCUT2D eigenvalue weighted by molar-refractivity contribution is 5.15. The van der Waals surface area contributed by atoms with Gasteiger partial charge in [-0.25, -0.2) is 0 Å². The van der Waals surface area contributed by atoms with Crippen molar-refractivity contribution in [2.45, 2.75) is 50.5 Å². The summed E-state index contributed by atoms with van der Waals surface area (Å²) in [5, 5.41) is 7.30. The molecule has 3 heteroatoms. The second-order valence-electron chi connectivity index (χ2n) is 6.45. The van der Waals surface area contributed by atoms with Crippen molar-refractivity contribution in [3.05, 3.63) is 71.8 Å². The van der Waals surface area contributed by atoms with Gasteiger partial charge >= 0.3 is 0 Å². The highest BCUT2D eigenvalue weighted by Gasteiger charge is 2.29. The van der Waals surface area contributed by atoms with E-state index in [1.54, 1.807) is 0 Å². The summed E-state index contributed by atoms with van der Waals surface area (Å²) in [4.78, 5) is 0. The van der Waals surface area contributed by atoms with E-state index in [-0.39, 0.29) is 6.04 Å². The highest BCUT2D eigenvalue weighted by atomic mass is 15.0. The molecule has 0 aliphatic heterocycles. The minimum Gasteiger partial charge on any atom is -0.325 e. The van der Waals surface area contributed by atoms with Gasteiger partial charge in [-0.3, -0.25) is 0 Å². The molecule has 4 N–H and O–H groups in total. The van der Waals surface area contributed by atoms with E-state index in [2.05, 4.69) is 71.3 Å². The SMILES string of the molecule is NC1[C@@H](NCc2ccccc2)CCC[C@H]1NCc1ccccc1. The first-order valence-corrected chi connectivity index (χ1v) is 8.63. The molecule has 2 aromatic carbocycles. The largest absolute Gasteiger partial charge is 0.325 e. The van der Waals surface area contributed by atoms with E-state index in [4.69, 9.17) is 5.73 Å². The van der Waals surface area contributed by atoms with Crippen molar-refractivity contribution in [3.63, 3.8) is 0 Å². The lowest BCUT2D eigenvalue weighted by molar-refractivity contribution is 0.258. The van der Waals surface area contributed by atoms with Crippen molar-refractivity contribution < 1.29 is 0 Å². The van der Waals surface area contributed by atoms with Gasteiger partial charge in [0.2, 0.25) is 0 Å². The monoisotopic (exact) mass is 309 g/mol. The topological polar surface area (TPSA) is 50.1 Å². The first kappa shape index (κ1) is 16.2. The zero-order chi connectivity index (χ0) is 15.9. The highest BCUT2D eigenvalue weighted by Crippen LogP contribution is 2.19. The van der Waals surface area contributed by atoms with Gasteiger partial charge in [0.25, 0.3) is 0 Å². The minimum absolute atomic E-state index is 0.163. The predicted molar refractivity (Wildman–Crippen MR) is 96.0 cm³/mol. The Morgan fingerprint density at radius 2 is 1.17 bits per heavy atom. The average Bonchev–Trinajstić information content (AvgIpc) is 2.61. The quantitative estimate of drug-likeness (QED) is 0.769. The standard InChI is InChI=1S/C20H27N3/c21-20-18(22-14-16-8-3-1-4-9-16)12-7-13-19(20)23-15-17-10-5-2-6-11-17/h1-6,8-11,18-20,22-23H,7,12-15,21H2/t18-,19+,20?. The Balaban J connectivity index is 1.50. The summed E-state index contributed by atoms with van der Waals surface area (Å²) in [6.45, 7) is 1.79. The van der Waals surface area contributed by atoms with Crippen LogP contribution in [0.2, 0.25) is 0 Å². The Hall–Kier alpha value is -1.68. The lowest BCUT2D eigenvalue weighted by Gasteiger charge is -2.37. The van der Waals surface area contributed by atoms with Crippen molar-refractivity contribution >= 4 is 0 Å². The molecule has 3 rings (SSSR count). The molecule has 1 aliphatic carbocycles. The molecule has 1 unspecified atom stereocenters. The summed E-state index contributed by atoms with van der Waals surface area (Å²) in [5.41, 5.74) is 9.16. The van der Waals surface area contributed by atoms with Crippen molar-refractivity contribution in [1.82, 2.24) is 10.6 Å². The fourth-order valence-corrected chi connectivity index (χ4v) is 3.39. The molecule has 1 saturated carbocycles. The van der Waals surface area contributed by atoms with Crippen molar-refractivity contribution in [2.75, 3.05) is 0 Å². The molecule has 0 heterocycles. The van der Waals surface area contributed by atoms with E-state index in [9.17, 15) is 0 Å². The third-order valence-corrected chi connectivity index (χ3v) is 4.78. The number of nitrogens with two attached hydrogens (primary N) is 1. The third kappa shape index (κ3) is 4.64. The molecule has 1 aliphatic rings. The summed E-state index contributed by atoms with van der Waals surface area (Å²) in [6, 6.07) is 22.0. The third-order valence-electron chi connectivity index (χ3n) is 4.78. The summed E-state index contributed by atoms with van der Waals surface area (Å²) in [5.74, 6) is 0. The molecule has 122 valence electrons. The van der Waals surface area contributed by atoms with Gasteiger partial charge in [0.05, 0.1) is 0 Å². The van der Waals surface area contributed by atoms with Gasteiger partial charge in [0, 0.05) is 31.2 Å². The first-order chi connectivity index (χ1) is 11.3. The van der Waals surface area contributed by atoms with Crippen LogP contribution in [-0.4, -0.2) is 18.1 Å². The summed E-state index contributed by atoms with van der Waals surface area (Å²) in [7, 11) is 0. The number of benzene rings is 2. The second-order valence-corrected chi connectivity index (χ2v) is 6.45. The van der Waals surface area contributed by atoms with E-state index >= 15 is 0 Å². The van der Waals surface area contributed by atoms with Crippen molar-refractivity contribution in [3.8, 4) is 0 Å². The summed E-state index contributed by atoms with van der Waals surface area (Å²) < 4.78 is 0. The van der Waals surface area contributed by atoms with Crippen LogP contribution in [-0.2, 0) is 13.1 Å². The van der Waals surface area contributed by atoms with E-state index in [0.717, 1.165) is 25.9 Å². The second kappa shape index (κ2) is 8.25. The minimum atomic E-state index is 0.163. The zero-order valence-electron chi connectivity index (χ0n) is 13.6. The maximum absolute atomic E-state index is 6.53. The number of hydrogen-bond acceptors (Lipinski definition) is 3. The van der Waals surface area contributed by atoms with Crippen LogP contribution in [0.25, 0.3) is 0 Å². The number of nitrogens with one attached hydrogen (secondary N) is 2. The van der Waals surface area contributed by atoms with Gasteiger partial charge in [-0.2, -0.15) is 0 Å². The molecule has 3 nitrogen and oxygen atoms in total. The normalized spacial score (nSPS) is 24.5. The first-order valence-electron chi connectivity index (χ1n) is 8.63. The Morgan fingerprint density at radius 3 is 1.61 bits per heavy atom. The van der Waals surface area contributed by atoms with Crippen molar-refractivity contribution in [1.29, 1.82) is 0 Å². The lowest BCUT2D eigenvalue weighted by atomic mass is 9.86. The lowest BCUT2D eigenvalue weighted by Crippen LogP contribution is -2.58. The average molecular weight is 309 g/mol. The van der Waals surface area contributed by atoms with Crippen LogP contribution in [0.15, 0.2) is 60.7 Å². The maximum Gasteiger partial charge on any atom is 0.0350 e. The summed E-state index contributed by atoms with van der Waals surface area (Å²) in [6.07, 6.45) is 3.56. The summed E-state index contributed by atoms with van der Waals surface area (Å²) >= 11 is 0. The van der Waals surface area contributed by atoms with Crippen LogP contribution in [0.4, 0.5) is 0 Å². The number of rotatable bonds is 6. The smallest absolute Gasteiger partial charge is 0.0350 e. The van der Waals surface area contributed by atoms with E-state index in [1.807, 2.05) is 0 Å². The predicted octanol–water partition coefficient (Wildman–Crippen LogP) is 2.81. The Labute approximate surface area is 139 Å². The number of hydrogen-bond donors (Lipinski definition) is 3. The molecule has 2 aromatic rings. The van der Waals surface area contributed by atoms with Crippen LogP contribution in [0.5, 0.6) is 0 Å². The van der Waals surface area contributed by atoms with Gasteiger partial charge < -0.3 is 16.4 Å². The van der Waals surface area contributed by atoms with Gasteiger partial charge in [-0.05, 0) is 24.0 Å². The fraction of sp³-hybridized carbons (Fsp3) is 0.400. The molecule has 0 saturated heterocycles. The van der Waals surface area contributed by atoms with Crippen LogP contribution < -0.4 is 16.4 Å². The van der Waals surface area contributed by atoms with E-state index in [1.165, 1.54) is 17.5 Å². The van der Waals surface area contributed by atoms with Gasteiger partial charge in [-0.15, -0.1) is 0 Å². The van der Waals surface area contributed by atoms with Crippen LogP contribution >= 0.6 is 0 Å². The van der Waals surface area contributed by atoms with E-state index < -0.39 is 0 Å². The molecule has 0 radical (unpaired) electrons. The Kier molecular flexibility index (Phi) is 5.81. The zero-order valence-corrected chi connectivity index (χ0v) is 13.6. The molecular weight excluding hydrogens is 282 g/mol. The molecule has 0 spiro atoms. The van der Waals surface area contributed by atoms with Crippen LogP contribution in [0, 0.1) is 0 Å². The molecule has 3 atom stereocenters.